The van der Waals surface area contributed by atoms with Crippen LogP contribution in [0, 0.1) is 5.92 Å². The molecule has 0 aliphatic heterocycles. The van der Waals surface area contributed by atoms with Gasteiger partial charge in [0.05, 0.1) is 5.25 Å². The molecule has 0 saturated carbocycles. The number of carbonyl (C=O) groups is 1. The van der Waals surface area contributed by atoms with Crippen molar-refractivity contribution in [2.45, 2.75) is 26.0 Å². The zero-order valence-corrected chi connectivity index (χ0v) is 12.8. The highest BCUT2D eigenvalue weighted by Crippen LogP contribution is 2.18. The van der Waals surface area contributed by atoms with E-state index in [4.69, 9.17) is 0 Å². The van der Waals surface area contributed by atoms with Gasteiger partial charge < -0.3 is 5.32 Å². The van der Waals surface area contributed by atoms with Gasteiger partial charge >= 0.3 is 0 Å². The first-order valence-electron chi connectivity index (χ1n) is 5.67. The van der Waals surface area contributed by atoms with Crippen molar-refractivity contribution in [2.24, 2.45) is 5.92 Å². The molecule has 1 atom stereocenters. The van der Waals surface area contributed by atoms with E-state index in [0.717, 1.165) is 15.9 Å². The Bertz CT molecular complexity index is 364. The molecule has 0 heterocycles. The third kappa shape index (κ3) is 5.59. The summed E-state index contributed by atoms with van der Waals surface area (Å²) in [5.41, 5.74) is 0.843. The molecular weight excluding hydrogens is 298 g/mol. The molecular formula is C13H18BrNOS. The minimum absolute atomic E-state index is 0.0129. The second-order valence-electron chi connectivity index (χ2n) is 4.37. The highest BCUT2D eigenvalue weighted by atomic mass is 79.9. The lowest BCUT2D eigenvalue weighted by Gasteiger charge is -2.13. The number of amides is 1. The van der Waals surface area contributed by atoms with E-state index in [0.29, 0.717) is 5.92 Å². The quantitative estimate of drug-likeness (QED) is 0.883. The fraction of sp³-hybridized carbons (Fsp3) is 0.462. The molecule has 0 aliphatic rings. The molecule has 0 bridgehead atoms. The second-order valence-corrected chi connectivity index (χ2v) is 6.66. The Morgan fingerprint density at radius 3 is 2.41 bits per heavy atom. The van der Waals surface area contributed by atoms with Crippen molar-refractivity contribution in [2.75, 3.05) is 11.1 Å². The first-order valence-corrected chi connectivity index (χ1v) is 7.51. The van der Waals surface area contributed by atoms with Crippen LogP contribution in [0.3, 0.4) is 0 Å². The molecule has 0 radical (unpaired) electrons. The van der Waals surface area contributed by atoms with Crippen molar-refractivity contribution in [3.05, 3.63) is 28.7 Å². The Balaban J connectivity index is 2.45. The van der Waals surface area contributed by atoms with E-state index in [2.05, 4.69) is 35.1 Å². The average Bonchev–Trinajstić information content (AvgIpc) is 2.28. The number of thioether (sulfide) groups is 1. The van der Waals surface area contributed by atoms with Crippen molar-refractivity contribution < 1.29 is 4.79 Å². The first kappa shape index (κ1) is 14.6. The molecule has 1 rings (SSSR count). The van der Waals surface area contributed by atoms with Gasteiger partial charge in [-0.3, -0.25) is 4.79 Å². The summed E-state index contributed by atoms with van der Waals surface area (Å²) in [4.78, 5) is 11.9. The minimum atomic E-state index is -0.0129. The van der Waals surface area contributed by atoms with Crippen LogP contribution < -0.4 is 5.32 Å². The van der Waals surface area contributed by atoms with E-state index in [1.165, 1.54) is 0 Å². The number of carbonyl (C=O) groups excluding carboxylic acids is 1. The zero-order valence-electron chi connectivity index (χ0n) is 10.4. The Labute approximate surface area is 116 Å². The van der Waals surface area contributed by atoms with Gasteiger partial charge in [0, 0.05) is 10.2 Å². The van der Waals surface area contributed by atoms with Crippen LogP contribution in [0.25, 0.3) is 0 Å². The highest BCUT2D eigenvalue weighted by Gasteiger charge is 2.13. The predicted octanol–water partition coefficient (Wildman–Crippen LogP) is 4.17. The van der Waals surface area contributed by atoms with Crippen molar-refractivity contribution in [1.29, 1.82) is 0 Å². The van der Waals surface area contributed by atoms with Crippen LogP contribution in [0.1, 0.15) is 20.8 Å². The summed E-state index contributed by atoms with van der Waals surface area (Å²) >= 11 is 5.06. The largest absolute Gasteiger partial charge is 0.325 e. The molecule has 17 heavy (non-hydrogen) atoms. The summed E-state index contributed by atoms with van der Waals surface area (Å²) in [7, 11) is 0. The Morgan fingerprint density at radius 1 is 1.29 bits per heavy atom. The van der Waals surface area contributed by atoms with E-state index in [1.54, 1.807) is 11.8 Å². The van der Waals surface area contributed by atoms with Crippen LogP contribution in [0.4, 0.5) is 5.69 Å². The summed E-state index contributed by atoms with van der Waals surface area (Å²) in [5.74, 6) is 1.69. The number of benzene rings is 1. The second kappa shape index (κ2) is 7.07. The van der Waals surface area contributed by atoms with Gasteiger partial charge in [-0.25, -0.2) is 0 Å². The van der Waals surface area contributed by atoms with Crippen LogP contribution >= 0.6 is 27.7 Å². The SMILES string of the molecule is CC(C)CSC(C)C(=O)Nc1ccc(Br)cc1. The first-order chi connectivity index (χ1) is 7.99. The van der Waals surface area contributed by atoms with E-state index >= 15 is 0 Å². The van der Waals surface area contributed by atoms with E-state index < -0.39 is 0 Å². The molecule has 2 nitrogen and oxygen atoms in total. The molecule has 0 spiro atoms. The van der Waals surface area contributed by atoms with Crippen LogP contribution in [0.5, 0.6) is 0 Å². The standard InChI is InChI=1S/C13H18BrNOS/c1-9(2)8-17-10(3)13(16)15-12-6-4-11(14)5-7-12/h4-7,9-10H,8H2,1-3H3,(H,15,16). The predicted molar refractivity (Wildman–Crippen MR) is 79.5 cm³/mol. The number of halogens is 1. The van der Waals surface area contributed by atoms with Crippen LogP contribution in [0.15, 0.2) is 28.7 Å². The molecule has 4 heteroatoms. The van der Waals surface area contributed by atoms with Gasteiger partial charge in [-0.05, 0) is 42.9 Å². The molecule has 0 fully saturated rings. The molecule has 1 N–H and O–H groups in total. The van der Waals surface area contributed by atoms with Crippen LogP contribution in [0.2, 0.25) is 0 Å². The zero-order chi connectivity index (χ0) is 12.8. The van der Waals surface area contributed by atoms with Gasteiger partial charge in [0.2, 0.25) is 5.91 Å². The van der Waals surface area contributed by atoms with E-state index in [-0.39, 0.29) is 11.2 Å². The lowest BCUT2D eigenvalue weighted by atomic mass is 10.3. The molecule has 0 aromatic heterocycles. The normalized spacial score (nSPS) is 12.5. The third-order valence-electron chi connectivity index (χ3n) is 2.16. The molecule has 1 amide bonds. The monoisotopic (exact) mass is 315 g/mol. The molecule has 1 aromatic rings. The van der Waals surface area contributed by atoms with Crippen molar-refractivity contribution in [3.8, 4) is 0 Å². The summed E-state index contributed by atoms with van der Waals surface area (Å²) in [6, 6.07) is 7.62. The van der Waals surface area contributed by atoms with Crippen molar-refractivity contribution >= 4 is 39.3 Å². The number of hydrogen-bond donors (Lipinski definition) is 1. The molecule has 1 unspecified atom stereocenters. The average molecular weight is 316 g/mol. The lowest BCUT2D eigenvalue weighted by Crippen LogP contribution is -2.23. The molecule has 1 aromatic carbocycles. The van der Waals surface area contributed by atoms with Gasteiger partial charge in [0.1, 0.15) is 0 Å². The Kier molecular flexibility index (Phi) is 6.06. The van der Waals surface area contributed by atoms with Gasteiger partial charge in [-0.1, -0.05) is 29.8 Å². The van der Waals surface area contributed by atoms with Crippen LogP contribution in [-0.2, 0) is 4.79 Å². The number of anilines is 1. The van der Waals surface area contributed by atoms with Gasteiger partial charge in [0.15, 0.2) is 0 Å². The maximum Gasteiger partial charge on any atom is 0.237 e. The summed E-state index contributed by atoms with van der Waals surface area (Å²) in [6.07, 6.45) is 0. The molecule has 0 aliphatic carbocycles. The maximum atomic E-state index is 11.9. The van der Waals surface area contributed by atoms with Crippen molar-refractivity contribution in [3.63, 3.8) is 0 Å². The summed E-state index contributed by atoms with van der Waals surface area (Å²) < 4.78 is 1.01. The van der Waals surface area contributed by atoms with E-state index in [1.807, 2.05) is 31.2 Å². The van der Waals surface area contributed by atoms with Gasteiger partial charge in [-0.2, -0.15) is 0 Å². The lowest BCUT2D eigenvalue weighted by molar-refractivity contribution is -0.115. The van der Waals surface area contributed by atoms with E-state index in [9.17, 15) is 4.79 Å². The van der Waals surface area contributed by atoms with Gasteiger partial charge in [0.25, 0.3) is 0 Å². The highest BCUT2D eigenvalue weighted by molar-refractivity contribution is 9.10. The maximum absolute atomic E-state index is 11.9. The number of hydrogen-bond acceptors (Lipinski definition) is 2. The van der Waals surface area contributed by atoms with Gasteiger partial charge in [-0.15, -0.1) is 11.8 Å². The summed E-state index contributed by atoms with van der Waals surface area (Å²) in [5, 5.41) is 2.90. The number of rotatable bonds is 5. The molecule has 94 valence electrons. The Morgan fingerprint density at radius 2 is 1.88 bits per heavy atom. The van der Waals surface area contributed by atoms with Crippen LogP contribution in [-0.4, -0.2) is 16.9 Å². The fourth-order valence-electron chi connectivity index (χ4n) is 1.19. The summed E-state index contributed by atoms with van der Waals surface area (Å²) in [6.45, 7) is 6.26. The number of nitrogens with one attached hydrogen (secondary N) is 1. The smallest absolute Gasteiger partial charge is 0.237 e. The topological polar surface area (TPSA) is 29.1 Å². The Hall–Kier alpha value is -0.480. The third-order valence-corrected chi connectivity index (χ3v) is 4.26. The van der Waals surface area contributed by atoms with Crippen molar-refractivity contribution in [1.82, 2.24) is 0 Å². The fourth-order valence-corrected chi connectivity index (χ4v) is 2.34. The minimum Gasteiger partial charge on any atom is -0.325 e. The molecule has 0 saturated heterocycles.